The maximum Gasteiger partial charge on any atom is 0.322 e. The Morgan fingerprint density at radius 1 is 1.39 bits per heavy atom. The standard InChI is InChI=1S/C14H21NO3/c1-10-7-8-13(17-2)11(9-10)5-4-6-12(15)14(16)18-3/h7-9,12H,4-6,15H2,1-3H3. The average Bonchev–Trinajstić information content (AvgIpc) is 2.38. The molecule has 18 heavy (non-hydrogen) atoms. The molecule has 0 aliphatic carbocycles. The van der Waals surface area contributed by atoms with Crippen molar-refractivity contribution in [2.75, 3.05) is 14.2 Å². The number of carbonyl (C=O) groups excluding carboxylic acids is 1. The fourth-order valence-corrected chi connectivity index (χ4v) is 1.88. The lowest BCUT2D eigenvalue weighted by Crippen LogP contribution is -2.31. The summed E-state index contributed by atoms with van der Waals surface area (Å²) in [5.41, 5.74) is 8.03. The summed E-state index contributed by atoms with van der Waals surface area (Å²) in [6.45, 7) is 2.04. The SMILES string of the molecule is COC(=O)C(N)CCCc1cc(C)ccc1OC. The molecular weight excluding hydrogens is 230 g/mol. The molecule has 0 spiro atoms. The van der Waals surface area contributed by atoms with Crippen molar-refractivity contribution >= 4 is 5.97 Å². The van der Waals surface area contributed by atoms with Gasteiger partial charge in [-0.1, -0.05) is 17.7 Å². The zero-order valence-corrected chi connectivity index (χ0v) is 11.2. The number of methoxy groups -OCH3 is 2. The predicted molar refractivity (Wildman–Crippen MR) is 70.7 cm³/mol. The number of ether oxygens (including phenoxy) is 2. The number of benzene rings is 1. The third kappa shape index (κ3) is 4.04. The largest absolute Gasteiger partial charge is 0.496 e. The van der Waals surface area contributed by atoms with Gasteiger partial charge in [0.15, 0.2) is 0 Å². The number of hydrogen-bond acceptors (Lipinski definition) is 4. The second-order valence-electron chi connectivity index (χ2n) is 4.34. The Morgan fingerprint density at radius 2 is 2.11 bits per heavy atom. The predicted octanol–water partition coefficient (Wildman–Crippen LogP) is 1.83. The molecule has 100 valence electrons. The van der Waals surface area contributed by atoms with E-state index in [0.29, 0.717) is 6.42 Å². The molecular formula is C14H21NO3. The number of nitrogens with two attached hydrogens (primary N) is 1. The summed E-state index contributed by atoms with van der Waals surface area (Å²) in [7, 11) is 3.01. The molecule has 0 saturated heterocycles. The summed E-state index contributed by atoms with van der Waals surface area (Å²) in [6, 6.07) is 5.54. The number of aryl methyl sites for hydroxylation is 2. The van der Waals surface area contributed by atoms with Crippen LogP contribution in [0.1, 0.15) is 24.0 Å². The molecule has 1 rings (SSSR count). The normalized spacial score (nSPS) is 12.0. The highest BCUT2D eigenvalue weighted by Crippen LogP contribution is 2.21. The van der Waals surface area contributed by atoms with Gasteiger partial charge in [-0.2, -0.15) is 0 Å². The lowest BCUT2D eigenvalue weighted by atomic mass is 10.0. The monoisotopic (exact) mass is 251 g/mol. The molecule has 0 amide bonds. The lowest BCUT2D eigenvalue weighted by molar-refractivity contribution is -0.142. The molecule has 0 bridgehead atoms. The summed E-state index contributed by atoms with van der Waals surface area (Å²) < 4.78 is 9.89. The van der Waals surface area contributed by atoms with Crippen LogP contribution in [0.5, 0.6) is 5.75 Å². The molecule has 0 fully saturated rings. The van der Waals surface area contributed by atoms with Crippen molar-refractivity contribution in [1.82, 2.24) is 0 Å². The Hall–Kier alpha value is -1.55. The number of carbonyl (C=O) groups is 1. The Bertz CT molecular complexity index is 404. The summed E-state index contributed by atoms with van der Waals surface area (Å²) in [4.78, 5) is 11.2. The fraction of sp³-hybridized carbons (Fsp3) is 0.500. The van der Waals surface area contributed by atoms with E-state index in [1.54, 1.807) is 7.11 Å². The third-order valence-electron chi connectivity index (χ3n) is 2.90. The summed E-state index contributed by atoms with van der Waals surface area (Å²) >= 11 is 0. The Morgan fingerprint density at radius 3 is 2.72 bits per heavy atom. The quantitative estimate of drug-likeness (QED) is 0.783. The third-order valence-corrected chi connectivity index (χ3v) is 2.90. The van der Waals surface area contributed by atoms with Crippen LogP contribution in [-0.4, -0.2) is 26.2 Å². The minimum Gasteiger partial charge on any atom is -0.496 e. The van der Waals surface area contributed by atoms with E-state index in [1.165, 1.54) is 12.7 Å². The summed E-state index contributed by atoms with van der Waals surface area (Å²) in [5, 5.41) is 0. The second-order valence-corrected chi connectivity index (χ2v) is 4.34. The van der Waals surface area contributed by atoms with Gasteiger partial charge in [0.2, 0.25) is 0 Å². The van der Waals surface area contributed by atoms with Crippen LogP contribution in [0.15, 0.2) is 18.2 Å². The van der Waals surface area contributed by atoms with Gasteiger partial charge in [0.1, 0.15) is 11.8 Å². The highest BCUT2D eigenvalue weighted by Gasteiger charge is 2.13. The first-order valence-electron chi connectivity index (χ1n) is 6.05. The molecule has 0 saturated carbocycles. The van der Waals surface area contributed by atoms with Crippen LogP contribution in [0.25, 0.3) is 0 Å². The Labute approximate surface area is 108 Å². The minimum atomic E-state index is -0.536. The van der Waals surface area contributed by atoms with Crippen LogP contribution < -0.4 is 10.5 Å². The van der Waals surface area contributed by atoms with Gasteiger partial charge in [0.25, 0.3) is 0 Å². The Balaban J connectivity index is 2.53. The summed E-state index contributed by atoms with van der Waals surface area (Å²) in [6.07, 6.45) is 2.29. The van der Waals surface area contributed by atoms with Crippen LogP contribution in [0.2, 0.25) is 0 Å². The van der Waals surface area contributed by atoms with E-state index >= 15 is 0 Å². The highest BCUT2D eigenvalue weighted by atomic mass is 16.5. The molecule has 1 aromatic carbocycles. The van der Waals surface area contributed by atoms with Crippen LogP contribution in [0, 0.1) is 6.92 Å². The van der Waals surface area contributed by atoms with Crippen molar-refractivity contribution in [3.05, 3.63) is 29.3 Å². The molecule has 0 aromatic heterocycles. The number of hydrogen-bond donors (Lipinski definition) is 1. The van der Waals surface area contributed by atoms with Crippen LogP contribution in [0.4, 0.5) is 0 Å². The first kappa shape index (κ1) is 14.5. The smallest absolute Gasteiger partial charge is 0.322 e. The van der Waals surface area contributed by atoms with E-state index in [-0.39, 0.29) is 5.97 Å². The second kappa shape index (κ2) is 7.01. The topological polar surface area (TPSA) is 61.5 Å². The van der Waals surface area contributed by atoms with E-state index in [9.17, 15) is 4.79 Å². The van der Waals surface area contributed by atoms with Crippen LogP contribution in [-0.2, 0) is 16.0 Å². The van der Waals surface area contributed by atoms with Gasteiger partial charge in [-0.15, -0.1) is 0 Å². The van der Waals surface area contributed by atoms with Gasteiger partial charge in [-0.3, -0.25) is 4.79 Å². The molecule has 4 nitrogen and oxygen atoms in total. The molecule has 0 radical (unpaired) electrons. The van der Waals surface area contributed by atoms with Gasteiger partial charge in [-0.25, -0.2) is 0 Å². The molecule has 0 aliphatic heterocycles. The molecule has 4 heteroatoms. The maximum absolute atomic E-state index is 11.2. The zero-order valence-electron chi connectivity index (χ0n) is 11.2. The van der Waals surface area contributed by atoms with Crippen molar-refractivity contribution in [2.24, 2.45) is 5.73 Å². The van der Waals surface area contributed by atoms with Gasteiger partial charge < -0.3 is 15.2 Å². The van der Waals surface area contributed by atoms with Crippen molar-refractivity contribution < 1.29 is 14.3 Å². The number of rotatable bonds is 6. The molecule has 1 atom stereocenters. The van der Waals surface area contributed by atoms with E-state index in [4.69, 9.17) is 10.5 Å². The van der Waals surface area contributed by atoms with E-state index in [1.807, 2.05) is 19.1 Å². The maximum atomic E-state index is 11.2. The average molecular weight is 251 g/mol. The van der Waals surface area contributed by atoms with Crippen molar-refractivity contribution in [1.29, 1.82) is 0 Å². The zero-order chi connectivity index (χ0) is 13.5. The molecule has 2 N–H and O–H groups in total. The van der Waals surface area contributed by atoms with Crippen LogP contribution in [0.3, 0.4) is 0 Å². The van der Waals surface area contributed by atoms with Gasteiger partial charge in [-0.05, 0) is 37.8 Å². The fourth-order valence-electron chi connectivity index (χ4n) is 1.88. The Kier molecular flexibility index (Phi) is 5.65. The number of esters is 1. The molecule has 0 aliphatic rings. The molecule has 1 unspecified atom stereocenters. The molecule has 1 aromatic rings. The van der Waals surface area contributed by atoms with E-state index in [2.05, 4.69) is 10.8 Å². The lowest BCUT2D eigenvalue weighted by Gasteiger charge is -2.11. The first-order chi connectivity index (χ1) is 8.58. The minimum absolute atomic E-state index is 0.355. The molecule has 0 heterocycles. The van der Waals surface area contributed by atoms with Crippen molar-refractivity contribution in [3.63, 3.8) is 0 Å². The van der Waals surface area contributed by atoms with Gasteiger partial charge >= 0.3 is 5.97 Å². The van der Waals surface area contributed by atoms with Gasteiger partial charge in [0, 0.05) is 0 Å². The van der Waals surface area contributed by atoms with Crippen molar-refractivity contribution in [3.8, 4) is 5.75 Å². The van der Waals surface area contributed by atoms with Gasteiger partial charge in [0.05, 0.1) is 14.2 Å². The highest BCUT2D eigenvalue weighted by molar-refractivity contribution is 5.75. The van der Waals surface area contributed by atoms with Crippen molar-refractivity contribution in [2.45, 2.75) is 32.2 Å². The van der Waals surface area contributed by atoms with E-state index in [0.717, 1.165) is 24.2 Å². The van der Waals surface area contributed by atoms with Crippen LogP contribution >= 0.6 is 0 Å². The first-order valence-corrected chi connectivity index (χ1v) is 6.05. The van der Waals surface area contributed by atoms with E-state index < -0.39 is 6.04 Å². The summed E-state index contributed by atoms with van der Waals surface area (Å²) in [5.74, 6) is 0.526.